The number of hydrogen-bond donors (Lipinski definition) is 1. The number of ether oxygens (including phenoxy) is 1. The molecule has 1 aromatic rings. The summed E-state index contributed by atoms with van der Waals surface area (Å²) in [6.07, 6.45) is 6.71. The van der Waals surface area contributed by atoms with E-state index in [1.54, 1.807) is 6.07 Å². The third kappa shape index (κ3) is 4.55. The number of primary amides is 1. The van der Waals surface area contributed by atoms with E-state index in [0.29, 0.717) is 5.56 Å². The number of amides is 2. The Labute approximate surface area is 134 Å². The first-order valence-corrected chi connectivity index (χ1v) is 7.62. The zero-order valence-electron chi connectivity index (χ0n) is 13.1. The summed E-state index contributed by atoms with van der Waals surface area (Å²) in [7, 11) is 1.39. The highest BCUT2D eigenvalue weighted by atomic mass is 19.1. The highest BCUT2D eigenvalue weighted by Gasteiger charge is 2.26. The summed E-state index contributed by atoms with van der Waals surface area (Å²) in [4.78, 5) is 25.1. The standard InChI is InChI=1S/C17H21FN2O3/c1-23-15-8-6-12(10-14(15)18)7-9-17(22)20(11-16(19)21)13-4-2-3-5-13/h6-10,13H,2-5,11H2,1H3,(H2,19,21)/b9-7+. The average molecular weight is 320 g/mol. The summed E-state index contributed by atoms with van der Waals surface area (Å²) in [5.74, 6) is -1.16. The van der Waals surface area contributed by atoms with Crippen LogP contribution in [0.15, 0.2) is 24.3 Å². The lowest BCUT2D eigenvalue weighted by Crippen LogP contribution is -2.43. The Kier molecular flexibility index (Phi) is 5.73. The monoisotopic (exact) mass is 320 g/mol. The molecule has 2 rings (SSSR count). The van der Waals surface area contributed by atoms with Crippen molar-refractivity contribution in [2.45, 2.75) is 31.7 Å². The van der Waals surface area contributed by atoms with Crippen molar-refractivity contribution in [1.29, 1.82) is 0 Å². The van der Waals surface area contributed by atoms with Gasteiger partial charge in [0.25, 0.3) is 0 Å². The summed E-state index contributed by atoms with van der Waals surface area (Å²) < 4.78 is 18.5. The van der Waals surface area contributed by atoms with Gasteiger partial charge in [0.1, 0.15) is 0 Å². The number of carbonyl (C=O) groups is 2. The quantitative estimate of drug-likeness (QED) is 0.816. The van der Waals surface area contributed by atoms with Crippen molar-refractivity contribution >= 4 is 17.9 Å². The maximum absolute atomic E-state index is 13.6. The fourth-order valence-corrected chi connectivity index (χ4v) is 2.82. The molecule has 2 amide bonds. The van der Waals surface area contributed by atoms with Crippen molar-refractivity contribution in [3.05, 3.63) is 35.7 Å². The van der Waals surface area contributed by atoms with Crippen LogP contribution in [0.3, 0.4) is 0 Å². The largest absolute Gasteiger partial charge is 0.494 e. The van der Waals surface area contributed by atoms with E-state index < -0.39 is 11.7 Å². The van der Waals surface area contributed by atoms with Gasteiger partial charge in [-0.2, -0.15) is 0 Å². The Bertz CT molecular complexity index is 610. The van der Waals surface area contributed by atoms with Crippen LogP contribution < -0.4 is 10.5 Å². The van der Waals surface area contributed by atoms with Crippen LogP contribution >= 0.6 is 0 Å². The molecule has 1 aliphatic rings. The van der Waals surface area contributed by atoms with E-state index in [0.717, 1.165) is 25.7 Å². The van der Waals surface area contributed by atoms with Crippen LogP contribution in [-0.2, 0) is 9.59 Å². The molecule has 1 aliphatic carbocycles. The summed E-state index contributed by atoms with van der Waals surface area (Å²) in [6, 6.07) is 4.49. The van der Waals surface area contributed by atoms with Crippen molar-refractivity contribution in [3.8, 4) is 5.75 Å². The molecule has 0 saturated heterocycles. The summed E-state index contributed by atoms with van der Waals surface area (Å²) >= 11 is 0. The maximum atomic E-state index is 13.6. The van der Waals surface area contributed by atoms with E-state index in [-0.39, 0.29) is 24.2 Å². The molecule has 0 aliphatic heterocycles. The van der Waals surface area contributed by atoms with Gasteiger partial charge in [0.15, 0.2) is 11.6 Å². The van der Waals surface area contributed by atoms with Crippen LogP contribution in [-0.4, -0.2) is 36.4 Å². The number of carbonyl (C=O) groups excluding carboxylic acids is 2. The number of rotatable bonds is 6. The molecule has 0 bridgehead atoms. The minimum atomic E-state index is -0.533. The number of nitrogens with two attached hydrogens (primary N) is 1. The summed E-state index contributed by atoms with van der Waals surface area (Å²) in [6.45, 7) is -0.0924. The Morgan fingerprint density at radius 3 is 2.65 bits per heavy atom. The van der Waals surface area contributed by atoms with Gasteiger partial charge < -0.3 is 15.4 Å². The van der Waals surface area contributed by atoms with E-state index in [1.165, 1.54) is 36.3 Å². The molecule has 1 saturated carbocycles. The molecule has 23 heavy (non-hydrogen) atoms. The molecular formula is C17H21FN2O3. The fraction of sp³-hybridized carbons (Fsp3) is 0.412. The van der Waals surface area contributed by atoms with Gasteiger partial charge in [-0.05, 0) is 36.6 Å². The first-order valence-electron chi connectivity index (χ1n) is 7.62. The zero-order valence-corrected chi connectivity index (χ0v) is 13.1. The lowest BCUT2D eigenvalue weighted by atomic mass is 10.1. The SMILES string of the molecule is COc1ccc(/C=C/C(=O)N(CC(N)=O)C2CCCC2)cc1F. The highest BCUT2D eigenvalue weighted by molar-refractivity contribution is 5.94. The molecule has 1 fully saturated rings. The van der Waals surface area contributed by atoms with E-state index in [2.05, 4.69) is 0 Å². The predicted octanol–water partition coefficient (Wildman–Crippen LogP) is 2.10. The normalized spacial score (nSPS) is 15.0. The second kappa shape index (κ2) is 7.76. The number of nitrogens with zero attached hydrogens (tertiary/aromatic N) is 1. The van der Waals surface area contributed by atoms with Crippen molar-refractivity contribution in [3.63, 3.8) is 0 Å². The van der Waals surface area contributed by atoms with Gasteiger partial charge >= 0.3 is 0 Å². The third-order valence-electron chi connectivity index (χ3n) is 3.97. The maximum Gasteiger partial charge on any atom is 0.247 e. The lowest BCUT2D eigenvalue weighted by Gasteiger charge is -2.26. The van der Waals surface area contributed by atoms with Gasteiger partial charge in [0, 0.05) is 12.1 Å². The lowest BCUT2D eigenvalue weighted by molar-refractivity contribution is -0.133. The van der Waals surface area contributed by atoms with Crippen molar-refractivity contribution in [2.75, 3.05) is 13.7 Å². The second-order valence-electron chi connectivity index (χ2n) is 5.60. The number of hydrogen-bond acceptors (Lipinski definition) is 3. The van der Waals surface area contributed by atoms with Gasteiger partial charge in [0.05, 0.1) is 13.7 Å². The van der Waals surface area contributed by atoms with Crippen molar-refractivity contribution in [1.82, 2.24) is 4.90 Å². The summed E-state index contributed by atoms with van der Waals surface area (Å²) in [5, 5.41) is 0. The Balaban J connectivity index is 2.10. The fourth-order valence-electron chi connectivity index (χ4n) is 2.82. The van der Waals surface area contributed by atoms with E-state index >= 15 is 0 Å². The molecule has 0 spiro atoms. The van der Waals surface area contributed by atoms with Gasteiger partial charge in [-0.15, -0.1) is 0 Å². The van der Waals surface area contributed by atoms with Crippen LogP contribution in [0.2, 0.25) is 0 Å². The van der Waals surface area contributed by atoms with Crippen LogP contribution in [0.25, 0.3) is 6.08 Å². The molecule has 1 aromatic carbocycles. The molecule has 5 nitrogen and oxygen atoms in total. The van der Waals surface area contributed by atoms with E-state index in [9.17, 15) is 14.0 Å². The Morgan fingerprint density at radius 1 is 1.39 bits per heavy atom. The molecule has 0 heterocycles. The minimum absolute atomic E-state index is 0.0484. The van der Waals surface area contributed by atoms with Crippen molar-refractivity contribution in [2.24, 2.45) is 5.73 Å². The van der Waals surface area contributed by atoms with Gasteiger partial charge in [-0.25, -0.2) is 4.39 Å². The smallest absolute Gasteiger partial charge is 0.247 e. The number of methoxy groups -OCH3 is 1. The number of benzene rings is 1. The van der Waals surface area contributed by atoms with Gasteiger partial charge in [-0.3, -0.25) is 9.59 Å². The van der Waals surface area contributed by atoms with E-state index in [1.807, 2.05) is 0 Å². The molecule has 0 atom stereocenters. The van der Waals surface area contributed by atoms with Crippen LogP contribution in [0.5, 0.6) is 5.75 Å². The Morgan fingerprint density at radius 2 is 2.09 bits per heavy atom. The molecule has 0 unspecified atom stereocenters. The second-order valence-corrected chi connectivity index (χ2v) is 5.60. The molecular weight excluding hydrogens is 299 g/mol. The zero-order chi connectivity index (χ0) is 16.8. The molecule has 124 valence electrons. The molecule has 0 radical (unpaired) electrons. The predicted molar refractivity (Wildman–Crippen MR) is 85.1 cm³/mol. The third-order valence-corrected chi connectivity index (χ3v) is 3.97. The first kappa shape index (κ1) is 17.0. The molecule has 6 heteroatoms. The first-order chi connectivity index (χ1) is 11.0. The number of halogens is 1. The van der Waals surface area contributed by atoms with Crippen molar-refractivity contribution < 1.29 is 18.7 Å². The topological polar surface area (TPSA) is 72.6 Å². The van der Waals surface area contributed by atoms with Crippen LogP contribution in [0.1, 0.15) is 31.2 Å². The highest BCUT2D eigenvalue weighted by Crippen LogP contribution is 2.24. The molecule has 2 N–H and O–H groups in total. The van der Waals surface area contributed by atoms with Gasteiger partial charge in [0.2, 0.25) is 11.8 Å². The minimum Gasteiger partial charge on any atom is -0.494 e. The van der Waals surface area contributed by atoms with E-state index in [4.69, 9.17) is 10.5 Å². The van der Waals surface area contributed by atoms with Crippen LogP contribution in [0.4, 0.5) is 4.39 Å². The Hall–Kier alpha value is -2.37. The average Bonchev–Trinajstić information content (AvgIpc) is 3.04. The molecule has 0 aromatic heterocycles. The summed E-state index contributed by atoms with van der Waals surface area (Å²) in [5.41, 5.74) is 5.78. The van der Waals surface area contributed by atoms with Gasteiger partial charge in [-0.1, -0.05) is 18.9 Å². The van der Waals surface area contributed by atoms with Crippen LogP contribution in [0, 0.1) is 5.82 Å².